The molecule has 4 N–H and O–H groups in total. The highest BCUT2D eigenvalue weighted by Gasteiger charge is 2.33. The van der Waals surface area contributed by atoms with Gasteiger partial charge in [0, 0.05) is 109 Å². The van der Waals surface area contributed by atoms with Gasteiger partial charge in [-0.25, -0.2) is 39.9 Å². The third-order valence-corrected chi connectivity index (χ3v) is 24.2. The number of anilines is 4. The number of benzene rings is 5. The molecule has 2 aliphatic carbocycles. The van der Waals surface area contributed by atoms with Crippen LogP contribution in [0.15, 0.2) is 276 Å². The molecule has 0 saturated heterocycles. The average molecular weight is 1730 g/mol. The van der Waals surface area contributed by atoms with E-state index >= 15 is 0 Å². The topological polar surface area (TPSA) is 339 Å². The van der Waals surface area contributed by atoms with Crippen LogP contribution in [0, 0.1) is 13.8 Å². The van der Waals surface area contributed by atoms with E-state index in [-0.39, 0.29) is 58.5 Å². The summed E-state index contributed by atoms with van der Waals surface area (Å²) in [6, 6.07) is 58.1. The number of hydrogen-bond acceptors (Lipinski definition) is 24. The van der Waals surface area contributed by atoms with Crippen molar-refractivity contribution in [1.82, 2.24) is 102 Å². The molecule has 2 saturated carbocycles. The first kappa shape index (κ1) is 82.1. The molecule has 22 rings (SSSR count). The van der Waals surface area contributed by atoms with Crippen LogP contribution in [0.4, 0.5) is 23.3 Å². The number of aryl methyl sites for hydroxylation is 4. The van der Waals surface area contributed by atoms with Crippen molar-refractivity contribution >= 4 is 133 Å². The van der Waals surface area contributed by atoms with E-state index in [4.69, 9.17) is 11.6 Å². The molecule has 0 bridgehead atoms. The first-order valence-corrected chi connectivity index (χ1v) is 43.1. The Bertz CT molecular complexity index is 7920. The third-order valence-electron chi connectivity index (χ3n) is 23.0. The van der Waals surface area contributed by atoms with Crippen molar-refractivity contribution in [3.8, 4) is 33.6 Å². The van der Waals surface area contributed by atoms with Crippen LogP contribution in [-0.2, 0) is 14.1 Å². The van der Waals surface area contributed by atoms with Gasteiger partial charge in [0.15, 0.2) is 23.3 Å². The van der Waals surface area contributed by atoms with Gasteiger partial charge in [-0.1, -0.05) is 90.5 Å². The van der Waals surface area contributed by atoms with Gasteiger partial charge in [0.05, 0.1) is 95.6 Å². The number of hydrogen-bond donors (Lipinski definition) is 4. The molecule has 4 atom stereocenters. The number of rotatable bonds is 18. The van der Waals surface area contributed by atoms with Crippen LogP contribution in [0.2, 0.25) is 5.02 Å². The fourth-order valence-corrected chi connectivity index (χ4v) is 17.7. The van der Waals surface area contributed by atoms with Gasteiger partial charge in [0.2, 0.25) is 0 Å². The van der Waals surface area contributed by atoms with Crippen LogP contribution in [0.5, 0.6) is 0 Å². The van der Waals surface area contributed by atoms with Crippen LogP contribution in [0.3, 0.4) is 0 Å². The lowest BCUT2D eigenvalue weighted by molar-refractivity contribution is 0.636. The van der Waals surface area contributed by atoms with E-state index in [0.717, 1.165) is 142 Å². The van der Waals surface area contributed by atoms with Gasteiger partial charge in [-0.2, -0.15) is 14.6 Å². The largest absolute Gasteiger partial charge is 0.360 e. The van der Waals surface area contributed by atoms with Crippen molar-refractivity contribution in [2.75, 3.05) is 21.3 Å². The van der Waals surface area contributed by atoms with Gasteiger partial charge in [-0.3, -0.25) is 57.6 Å². The maximum absolute atomic E-state index is 14.3. The number of pyridine rings is 8. The van der Waals surface area contributed by atoms with E-state index in [0.29, 0.717) is 66.5 Å². The quantitative estimate of drug-likeness (QED) is 0.0620. The van der Waals surface area contributed by atoms with E-state index in [2.05, 4.69) is 121 Å². The number of halogens is 1. The molecule has 0 spiro atoms. The average Bonchev–Trinajstić information content (AvgIpc) is 1.63. The van der Waals surface area contributed by atoms with Gasteiger partial charge >= 0.3 is 0 Å². The first-order valence-electron chi connectivity index (χ1n) is 42.0. The van der Waals surface area contributed by atoms with Crippen LogP contribution >= 0.6 is 23.1 Å². The molecule has 15 aromatic heterocycles. The molecule has 31 heteroatoms. The molecule has 0 amide bonds. The lowest BCUT2D eigenvalue weighted by atomic mass is 9.99. The highest BCUT2D eigenvalue weighted by Crippen LogP contribution is 2.42. The molecule has 128 heavy (non-hydrogen) atoms. The van der Waals surface area contributed by atoms with E-state index < -0.39 is 0 Å². The van der Waals surface area contributed by atoms with E-state index in [1.165, 1.54) is 36.8 Å². The highest BCUT2D eigenvalue weighted by atomic mass is 35.5. The van der Waals surface area contributed by atoms with Crippen LogP contribution in [-0.4, -0.2) is 102 Å². The zero-order valence-electron chi connectivity index (χ0n) is 70.9. The lowest BCUT2D eigenvalue weighted by Gasteiger charge is -2.22. The van der Waals surface area contributed by atoms with Gasteiger partial charge in [0.1, 0.15) is 47.4 Å². The Morgan fingerprint density at radius 3 is 1.20 bits per heavy atom. The predicted octanol–water partition coefficient (Wildman–Crippen LogP) is 18.2. The summed E-state index contributed by atoms with van der Waals surface area (Å²) in [6.45, 7) is 12.0. The van der Waals surface area contributed by atoms with Crippen molar-refractivity contribution in [3.63, 3.8) is 0 Å². The number of para-hydroxylation sites is 1. The summed E-state index contributed by atoms with van der Waals surface area (Å²) in [5.41, 5.74) is 16.3. The predicted molar refractivity (Wildman–Crippen MR) is 504 cm³/mol. The Kier molecular flexibility index (Phi) is 22.4. The molecule has 2 aliphatic rings. The van der Waals surface area contributed by atoms with Crippen molar-refractivity contribution in [1.29, 1.82) is 0 Å². The second-order valence-corrected chi connectivity index (χ2v) is 33.2. The molecule has 5 aromatic carbocycles. The van der Waals surface area contributed by atoms with Crippen LogP contribution in [0.1, 0.15) is 124 Å². The van der Waals surface area contributed by atoms with Gasteiger partial charge < -0.3 is 30.4 Å². The fraction of sp³-hybridized carbons (Fsp3) is 0.186. The summed E-state index contributed by atoms with van der Waals surface area (Å²) in [5, 5.41) is 28.2. The molecule has 634 valence electrons. The molecule has 2 fully saturated rings. The zero-order chi connectivity index (χ0) is 88.0. The van der Waals surface area contributed by atoms with Gasteiger partial charge in [-0.05, 0) is 215 Å². The molecule has 15 heterocycles. The normalized spacial score (nSPS) is 13.5. The maximum atomic E-state index is 14.3. The highest BCUT2D eigenvalue weighted by molar-refractivity contribution is 7.13. The third kappa shape index (κ3) is 16.2. The van der Waals surface area contributed by atoms with Crippen molar-refractivity contribution in [2.45, 2.75) is 103 Å². The van der Waals surface area contributed by atoms with Crippen molar-refractivity contribution in [3.05, 3.63) is 337 Å². The number of aromatic nitrogens is 21. The summed E-state index contributed by atoms with van der Waals surface area (Å²) < 4.78 is 16.2. The Morgan fingerprint density at radius 2 is 0.766 bits per heavy atom. The number of nitrogens with one attached hydrogen (secondary N) is 4. The molecule has 1 unspecified atom stereocenters. The molecule has 0 aliphatic heterocycles. The van der Waals surface area contributed by atoms with Gasteiger partial charge in [0.25, 0.3) is 22.2 Å². The second-order valence-electron chi connectivity index (χ2n) is 31.9. The lowest BCUT2D eigenvalue weighted by Crippen LogP contribution is -2.26. The molecular weight excluding hydrogens is 1650 g/mol. The van der Waals surface area contributed by atoms with E-state index in [1.54, 1.807) is 61.7 Å². The molecule has 20 aromatic rings. The van der Waals surface area contributed by atoms with E-state index in [9.17, 15) is 19.2 Å². The Hall–Kier alpha value is -15.6. The zero-order valence-corrected chi connectivity index (χ0v) is 72.4. The standard InChI is InChI=1S/C29H25N7O.C25H23N7O.C22H18N6OS.C21H18ClN5O/c1-18-7-4-9-22(13-18)36-25(19(2)34-28-27-24(31-17-32-28)11-6-12-30-27)14-20-8-5-10-23(26(20)29(36)37)21-15-33-35(3)16-21;1-15(30-24-23-20(27-14-28-24)7-4-10-26-23)21-11-16-5-3-6-19(17-12-29-31(2)13-17)22(16)25(33)32(21)18-8-9-18;1-13(26-21-20-16(24-12-25-21)9-6-10-23-20)17-11-18-19(14(2)27-30-18)22(29)28(17)15-7-4-3-5-8-15;1-12(26-20-19-16(24-11-25-20)6-3-9-23-19)17-10-13-4-2-5-15(22)18(13)21(28)27(17)14-7-8-14/h4-17,19H,1-3H3,(H,31,32,34);3-7,10-15,18H,8-9H2,1-2H3,(H,27,28,30);3-13H,1-2H3,(H,24,25,26);2-6,9-12,14H,7-8H2,1H3,(H,24,25,26)/t19-;15-;;12-/m00.0/s1. The smallest absolute Gasteiger partial charge is 0.266 e. The SMILES string of the molecule is C[C@H](Nc1ncnc2cccnc12)c1cc2cccc(-c3cnn(C)c3)c2c(=O)n1C1CC1.C[C@H](Nc1ncnc2cccnc12)c1cc2cccc(Cl)c2c(=O)n1C1CC1.Cc1cccc(-n2c([C@H](C)Nc3ncnc4cccnc34)cc3cccc(-c4cnn(C)c4)c3c2=O)c1.Cc1nsc2cc(C(C)Nc3ncnc4cccnc34)n(-c3ccccc3)c(=O)c12. The molecule has 29 nitrogen and oxygen atoms in total. The minimum atomic E-state index is -0.264. The summed E-state index contributed by atoms with van der Waals surface area (Å²) in [7, 11) is 3.76. The Balaban J connectivity index is 0.000000112. The Morgan fingerprint density at radius 1 is 0.383 bits per heavy atom. The molecular formula is C97H84ClN25O4S. The van der Waals surface area contributed by atoms with E-state index in [1.807, 2.05) is 228 Å². The maximum Gasteiger partial charge on any atom is 0.266 e. The van der Waals surface area contributed by atoms with Crippen LogP contribution < -0.4 is 43.5 Å². The monoisotopic (exact) mass is 1730 g/mol. The number of fused-ring (bicyclic) bond motifs is 8. The molecule has 0 radical (unpaired) electrons. The Labute approximate surface area is 740 Å². The second kappa shape index (κ2) is 34.9. The fourth-order valence-electron chi connectivity index (χ4n) is 16.6. The van der Waals surface area contributed by atoms with Crippen molar-refractivity contribution < 1.29 is 0 Å². The number of nitrogens with zero attached hydrogens (tertiary/aromatic N) is 21. The summed E-state index contributed by atoms with van der Waals surface area (Å²) >= 11 is 7.68. The minimum absolute atomic E-state index is 0.0279. The van der Waals surface area contributed by atoms with Gasteiger partial charge in [-0.15, -0.1) is 0 Å². The minimum Gasteiger partial charge on any atom is -0.360 e. The summed E-state index contributed by atoms with van der Waals surface area (Å²) in [6.07, 6.45) is 24.5. The summed E-state index contributed by atoms with van der Waals surface area (Å²) in [5.74, 6) is 2.55. The van der Waals surface area contributed by atoms with Crippen LogP contribution in [0.25, 0.3) is 120 Å². The summed E-state index contributed by atoms with van der Waals surface area (Å²) in [4.78, 5) is 107. The van der Waals surface area contributed by atoms with Crippen molar-refractivity contribution in [2.24, 2.45) is 14.1 Å². The first-order chi connectivity index (χ1) is 62.4.